The molecule has 0 radical (unpaired) electrons. The van der Waals surface area contributed by atoms with Crippen LogP contribution in [-0.4, -0.2) is 23.5 Å². The summed E-state index contributed by atoms with van der Waals surface area (Å²) in [6.07, 6.45) is 0. The summed E-state index contributed by atoms with van der Waals surface area (Å²) in [6.45, 7) is 14.5. The Morgan fingerprint density at radius 1 is 1.29 bits per heavy atom. The van der Waals surface area contributed by atoms with Gasteiger partial charge in [-0.05, 0) is 19.8 Å². The molecule has 122 valence electrons. The number of hydrogen-bond donors (Lipinski definition) is 2. The van der Waals surface area contributed by atoms with Gasteiger partial charge in [0.25, 0.3) is 0 Å². The van der Waals surface area contributed by atoms with Gasteiger partial charge in [-0.25, -0.2) is 9.98 Å². The summed E-state index contributed by atoms with van der Waals surface area (Å²) in [5.74, 6) is 1.93. The van der Waals surface area contributed by atoms with Crippen molar-refractivity contribution in [3.63, 3.8) is 0 Å². The summed E-state index contributed by atoms with van der Waals surface area (Å²) in [5, 5.41) is 10.0. The predicted molar refractivity (Wildman–Crippen MR) is 104 cm³/mol. The molecule has 6 heteroatoms. The Morgan fingerprint density at radius 3 is 2.43 bits per heavy atom. The van der Waals surface area contributed by atoms with Gasteiger partial charge in [-0.1, -0.05) is 27.7 Å². The first-order valence-electron chi connectivity index (χ1n) is 7.43. The fourth-order valence-electron chi connectivity index (χ4n) is 1.52. The lowest BCUT2D eigenvalue weighted by molar-refractivity contribution is 0.481. The molecule has 0 amide bonds. The van der Waals surface area contributed by atoms with E-state index in [1.165, 1.54) is 5.01 Å². The first-order valence-corrected chi connectivity index (χ1v) is 8.31. The number of thiazole rings is 1. The van der Waals surface area contributed by atoms with Crippen LogP contribution in [0.1, 0.15) is 58.2 Å². The normalized spacial score (nSPS) is 13.2. The second-order valence-corrected chi connectivity index (χ2v) is 6.59. The zero-order valence-electron chi connectivity index (χ0n) is 13.9. The maximum Gasteiger partial charge on any atom is 0.191 e. The van der Waals surface area contributed by atoms with Gasteiger partial charge in [0.1, 0.15) is 0 Å². The summed E-state index contributed by atoms with van der Waals surface area (Å²) >= 11 is 1.72. The van der Waals surface area contributed by atoms with Crippen molar-refractivity contribution in [1.29, 1.82) is 0 Å². The van der Waals surface area contributed by atoms with Crippen LogP contribution in [0.4, 0.5) is 0 Å². The van der Waals surface area contributed by atoms with E-state index in [2.05, 4.69) is 67.5 Å². The third-order valence-corrected chi connectivity index (χ3v) is 4.37. The predicted octanol–water partition coefficient (Wildman–Crippen LogP) is 3.98. The highest BCUT2D eigenvalue weighted by Gasteiger charge is 2.09. The molecule has 1 heterocycles. The number of aromatic nitrogens is 1. The molecule has 1 atom stereocenters. The van der Waals surface area contributed by atoms with Gasteiger partial charge in [0.15, 0.2) is 5.96 Å². The number of guanidine groups is 1. The lowest BCUT2D eigenvalue weighted by atomic mass is 10.1. The molecule has 0 aliphatic rings. The van der Waals surface area contributed by atoms with E-state index in [9.17, 15) is 0 Å². The number of halogens is 1. The highest BCUT2D eigenvalue weighted by molar-refractivity contribution is 14.0. The van der Waals surface area contributed by atoms with Crippen LogP contribution < -0.4 is 10.6 Å². The smallest absolute Gasteiger partial charge is 0.191 e. The van der Waals surface area contributed by atoms with Crippen LogP contribution in [0.15, 0.2) is 10.4 Å². The van der Waals surface area contributed by atoms with E-state index >= 15 is 0 Å². The third-order valence-electron chi connectivity index (χ3n) is 3.17. The Kier molecular flexibility index (Phi) is 10.2. The van der Waals surface area contributed by atoms with Gasteiger partial charge in [-0.3, -0.25) is 0 Å². The average Bonchev–Trinajstić information content (AvgIpc) is 2.85. The number of nitrogens with zero attached hydrogens (tertiary/aromatic N) is 2. The van der Waals surface area contributed by atoms with Crippen LogP contribution >= 0.6 is 35.3 Å². The zero-order chi connectivity index (χ0) is 15.1. The molecule has 2 N–H and O–H groups in total. The topological polar surface area (TPSA) is 49.3 Å². The van der Waals surface area contributed by atoms with Crippen molar-refractivity contribution < 1.29 is 0 Å². The van der Waals surface area contributed by atoms with Crippen LogP contribution in [0.5, 0.6) is 0 Å². The summed E-state index contributed by atoms with van der Waals surface area (Å²) in [4.78, 5) is 9.23. The second kappa shape index (κ2) is 10.4. The van der Waals surface area contributed by atoms with Crippen molar-refractivity contribution in [1.82, 2.24) is 15.6 Å². The minimum atomic E-state index is 0. The molecule has 0 aromatic carbocycles. The Morgan fingerprint density at radius 2 is 1.95 bits per heavy atom. The first kappa shape index (κ1) is 20.6. The molecule has 1 unspecified atom stereocenters. The van der Waals surface area contributed by atoms with Crippen LogP contribution in [0.25, 0.3) is 0 Å². The maximum absolute atomic E-state index is 4.62. The molecule has 0 saturated heterocycles. The zero-order valence-corrected chi connectivity index (χ0v) is 17.1. The molecular weight excluding hydrogens is 395 g/mol. The minimum Gasteiger partial charge on any atom is -0.357 e. The fourth-order valence-corrected chi connectivity index (χ4v) is 2.35. The van der Waals surface area contributed by atoms with Crippen molar-refractivity contribution in [3.8, 4) is 0 Å². The van der Waals surface area contributed by atoms with E-state index < -0.39 is 0 Å². The first-order chi connectivity index (χ1) is 9.43. The van der Waals surface area contributed by atoms with Crippen LogP contribution in [0.3, 0.4) is 0 Å². The van der Waals surface area contributed by atoms with E-state index in [-0.39, 0.29) is 24.0 Å². The molecule has 0 aliphatic heterocycles. The minimum absolute atomic E-state index is 0. The summed E-state index contributed by atoms with van der Waals surface area (Å²) < 4.78 is 0. The Labute approximate surface area is 150 Å². The van der Waals surface area contributed by atoms with E-state index in [0.29, 0.717) is 24.4 Å². The van der Waals surface area contributed by atoms with Gasteiger partial charge < -0.3 is 10.6 Å². The lowest BCUT2D eigenvalue weighted by Gasteiger charge is -2.20. The van der Waals surface area contributed by atoms with Gasteiger partial charge in [-0.2, -0.15) is 0 Å². The molecule has 0 saturated carbocycles. The van der Waals surface area contributed by atoms with Gasteiger partial charge in [0.2, 0.25) is 0 Å². The van der Waals surface area contributed by atoms with E-state index in [1.54, 1.807) is 11.3 Å². The molecule has 0 bridgehead atoms. The largest absolute Gasteiger partial charge is 0.357 e. The monoisotopic (exact) mass is 424 g/mol. The Bertz CT molecular complexity index is 429. The van der Waals surface area contributed by atoms with Gasteiger partial charge >= 0.3 is 0 Å². The van der Waals surface area contributed by atoms with Crippen molar-refractivity contribution in [2.24, 2.45) is 10.9 Å². The van der Waals surface area contributed by atoms with Crippen molar-refractivity contribution in [3.05, 3.63) is 16.1 Å². The second-order valence-electron chi connectivity index (χ2n) is 5.70. The number of nitrogens with one attached hydrogen (secondary N) is 2. The summed E-state index contributed by atoms with van der Waals surface area (Å²) in [7, 11) is 0. The lowest BCUT2D eigenvalue weighted by Crippen LogP contribution is -2.44. The average molecular weight is 424 g/mol. The highest BCUT2D eigenvalue weighted by Crippen LogP contribution is 2.19. The van der Waals surface area contributed by atoms with Gasteiger partial charge in [0, 0.05) is 23.9 Å². The van der Waals surface area contributed by atoms with Crippen LogP contribution in [0.2, 0.25) is 0 Å². The molecule has 21 heavy (non-hydrogen) atoms. The third kappa shape index (κ3) is 7.44. The van der Waals surface area contributed by atoms with Crippen molar-refractivity contribution in [2.75, 3.05) is 6.54 Å². The molecular formula is C15H29IN4S. The number of rotatable bonds is 6. The fraction of sp³-hybridized carbons (Fsp3) is 0.733. The van der Waals surface area contributed by atoms with E-state index in [0.717, 1.165) is 18.2 Å². The number of hydrogen-bond acceptors (Lipinski definition) is 3. The maximum atomic E-state index is 4.62. The van der Waals surface area contributed by atoms with Gasteiger partial charge in [0.05, 0.1) is 17.2 Å². The van der Waals surface area contributed by atoms with Crippen molar-refractivity contribution in [2.45, 2.75) is 60.0 Å². The summed E-state index contributed by atoms with van der Waals surface area (Å²) in [5.41, 5.74) is 1.05. The Hall–Kier alpha value is -0.370. The quantitative estimate of drug-likeness (QED) is 0.413. The molecule has 0 aliphatic carbocycles. The Balaban J connectivity index is 0.00000400. The number of aliphatic imine (C=N–C) groups is 1. The van der Waals surface area contributed by atoms with E-state index in [1.807, 2.05) is 0 Å². The summed E-state index contributed by atoms with van der Waals surface area (Å²) in [6, 6.07) is 0.398. The highest BCUT2D eigenvalue weighted by atomic mass is 127. The standard InChI is InChI=1S/C15H28N4S.HI/c1-7-16-15(18-12(6)10(2)3)17-8-13-9-20-14(19-13)11(4)5;/h9-12H,7-8H2,1-6H3,(H2,16,17,18);1H. The molecule has 1 aromatic rings. The molecule has 4 nitrogen and oxygen atoms in total. The SMILES string of the molecule is CCNC(=NCc1csc(C(C)C)n1)NC(C)C(C)C.I. The molecule has 0 spiro atoms. The van der Waals surface area contributed by atoms with E-state index in [4.69, 9.17) is 0 Å². The van der Waals surface area contributed by atoms with Crippen LogP contribution in [-0.2, 0) is 6.54 Å². The van der Waals surface area contributed by atoms with Crippen LogP contribution in [0, 0.1) is 5.92 Å². The van der Waals surface area contributed by atoms with Gasteiger partial charge in [-0.15, -0.1) is 35.3 Å². The molecule has 1 rings (SSSR count). The van der Waals surface area contributed by atoms with Crippen molar-refractivity contribution >= 4 is 41.3 Å². The molecule has 0 fully saturated rings. The molecule has 1 aromatic heterocycles.